The molecule has 2 aliphatic rings. The summed E-state index contributed by atoms with van der Waals surface area (Å²) in [7, 11) is 2.13. The smallest absolute Gasteiger partial charge is 0.0640 e. The predicted molar refractivity (Wildman–Crippen MR) is 106 cm³/mol. The summed E-state index contributed by atoms with van der Waals surface area (Å²) in [5.41, 5.74) is 6.31. The zero-order chi connectivity index (χ0) is 17.8. The summed E-state index contributed by atoms with van der Waals surface area (Å²) in [4.78, 5) is 13.7. The number of fused-ring (bicyclic) bond motifs is 2. The number of aromatic nitrogens is 2. The number of pyridine rings is 2. The fourth-order valence-corrected chi connectivity index (χ4v) is 3.70. The first-order valence-electron chi connectivity index (χ1n) is 9.44. The lowest BCUT2D eigenvalue weighted by molar-refractivity contribution is 0.617. The van der Waals surface area contributed by atoms with E-state index in [4.69, 9.17) is 0 Å². The van der Waals surface area contributed by atoms with Crippen LogP contribution in [0.5, 0.6) is 0 Å². The van der Waals surface area contributed by atoms with Crippen LogP contribution in [-0.2, 0) is 12.8 Å². The topological polar surface area (TPSA) is 32.3 Å². The van der Waals surface area contributed by atoms with Crippen LogP contribution < -0.4 is 9.80 Å². The van der Waals surface area contributed by atoms with Crippen molar-refractivity contribution in [3.63, 3.8) is 0 Å². The molecule has 4 nitrogen and oxygen atoms in total. The Balaban J connectivity index is 0.000000146. The molecule has 0 bridgehead atoms. The molecule has 0 fully saturated rings. The van der Waals surface area contributed by atoms with E-state index in [0.717, 1.165) is 25.1 Å². The van der Waals surface area contributed by atoms with Crippen molar-refractivity contribution in [2.45, 2.75) is 52.5 Å². The van der Waals surface area contributed by atoms with Gasteiger partial charge in [0.1, 0.15) is 0 Å². The quantitative estimate of drug-likeness (QED) is 0.786. The first-order valence-corrected chi connectivity index (χ1v) is 9.44. The molecular weight excluding hydrogens is 308 g/mol. The van der Waals surface area contributed by atoms with Crippen LogP contribution in [0, 0.1) is 6.92 Å². The molecule has 0 aromatic carbocycles. The monoisotopic (exact) mass is 338 g/mol. The lowest BCUT2D eigenvalue weighted by Gasteiger charge is -2.33. The van der Waals surface area contributed by atoms with E-state index < -0.39 is 0 Å². The minimum Gasteiger partial charge on any atom is -0.373 e. The molecule has 0 unspecified atom stereocenters. The molecule has 4 heteroatoms. The molecule has 0 amide bonds. The predicted octanol–water partition coefficient (Wildman–Crippen LogP) is 4.02. The highest BCUT2D eigenvalue weighted by Gasteiger charge is 2.18. The first-order chi connectivity index (χ1) is 12.1. The highest BCUT2D eigenvalue weighted by Crippen LogP contribution is 2.26. The van der Waals surface area contributed by atoms with Gasteiger partial charge in [-0.1, -0.05) is 0 Å². The molecule has 4 rings (SSSR count). The van der Waals surface area contributed by atoms with E-state index in [9.17, 15) is 0 Å². The molecule has 0 spiro atoms. The summed E-state index contributed by atoms with van der Waals surface area (Å²) in [5.74, 6) is 0. The zero-order valence-electron chi connectivity index (χ0n) is 16.0. The Morgan fingerprint density at radius 3 is 2.52 bits per heavy atom. The minimum atomic E-state index is 0.586. The van der Waals surface area contributed by atoms with Gasteiger partial charge in [-0.2, -0.15) is 0 Å². The van der Waals surface area contributed by atoms with Crippen LogP contribution in [0.3, 0.4) is 0 Å². The second-order valence-corrected chi connectivity index (χ2v) is 7.30. The number of nitrogens with zero attached hydrogens (tertiary/aromatic N) is 4. The van der Waals surface area contributed by atoms with Crippen LogP contribution in [0.15, 0.2) is 30.5 Å². The Morgan fingerprint density at radius 1 is 0.960 bits per heavy atom. The molecule has 0 saturated heterocycles. The van der Waals surface area contributed by atoms with E-state index in [1.54, 1.807) is 0 Å². The van der Waals surface area contributed by atoms with Gasteiger partial charge in [-0.15, -0.1) is 0 Å². The lowest BCUT2D eigenvalue weighted by Crippen LogP contribution is -2.35. The fourth-order valence-electron chi connectivity index (χ4n) is 3.70. The molecule has 25 heavy (non-hydrogen) atoms. The van der Waals surface area contributed by atoms with Gasteiger partial charge in [0, 0.05) is 38.1 Å². The summed E-state index contributed by atoms with van der Waals surface area (Å²) < 4.78 is 0. The number of rotatable bonds is 1. The van der Waals surface area contributed by atoms with E-state index in [-0.39, 0.29) is 0 Å². The highest BCUT2D eigenvalue weighted by atomic mass is 15.2. The van der Waals surface area contributed by atoms with Crippen molar-refractivity contribution in [3.8, 4) is 0 Å². The summed E-state index contributed by atoms with van der Waals surface area (Å²) in [6.45, 7) is 8.87. The van der Waals surface area contributed by atoms with Gasteiger partial charge >= 0.3 is 0 Å². The van der Waals surface area contributed by atoms with Crippen molar-refractivity contribution in [2.75, 3.05) is 29.9 Å². The van der Waals surface area contributed by atoms with Gasteiger partial charge in [-0.05, 0) is 70.7 Å². The third-order valence-electron chi connectivity index (χ3n) is 5.02. The molecule has 0 radical (unpaired) electrons. The van der Waals surface area contributed by atoms with E-state index in [0.29, 0.717) is 6.04 Å². The maximum atomic E-state index is 4.52. The van der Waals surface area contributed by atoms with Crippen molar-refractivity contribution >= 4 is 11.4 Å². The van der Waals surface area contributed by atoms with Crippen LogP contribution in [0.2, 0.25) is 0 Å². The van der Waals surface area contributed by atoms with Gasteiger partial charge in [0.05, 0.1) is 22.8 Å². The van der Waals surface area contributed by atoms with Crippen LogP contribution in [0.25, 0.3) is 0 Å². The van der Waals surface area contributed by atoms with Crippen LogP contribution in [-0.4, -0.2) is 36.1 Å². The summed E-state index contributed by atoms with van der Waals surface area (Å²) in [5, 5.41) is 0. The number of hydrogen-bond donors (Lipinski definition) is 0. The molecule has 0 N–H and O–H groups in total. The number of aryl methyl sites for hydroxylation is 3. The SMILES string of the molecule is CC(C)N1CCCc2ncccc21.Cc1ccc2c(n1)CCCN2C. The van der Waals surface area contributed by atoms with Crippen molar-refractivity contribution in [3.05, 3.63) is 47.5 Å². The molecule has 134 valence electrons. The van der Waals surface area contributed by atoms with Crippen LogP contribution >= 0.6 is 0 Å². The maximum absolute atomic E-state index is 4.52. The molecule has 4 heterocycles. The molecule has 0 atom stereocenters. The maximum Gasteiger partial charge on any atom is 0.0640 e. The Hall–Kier alpha value is -2.10. The van der Waals surface area contributed by atoms with Crippen LogP contribution in [0.4, 0.5) is 11.4 Å². The second kappa shape index (κ2) is 7.85. The standard InChI is InChI=1S/C11H16N2.C10H14N2/c1-9(2)13-8-4-5-10-11(13)6-3-7-12-10;1-8-5-6-10-9(11-8)4-3-7-12(10)2/h3,6-7,9H,4-5,8H2,1-2H3;5-6H,3-4,7H2,1-2H3. The van der Waals surface area contributed by atoms with Crippen molar-refractivity contribution < 1.29 is 0 Å². The van der Waals surface area contributed by atoms with Gasteiger partial charge in [-0.25, -0.2) is 0 Å². The molecule has 2 aliphatic heterocycles. The Bertz CT molecular complexity index is 711. The Labute approximate surface area is 151 Å². The van der Waals surface area contributed by atoms with Crippen molar-refractivity contribution in [1.29, 1.82) is 0 Å². The summed E-state index contributed by atoms with van der Waals surface area (Å²) in [6.07, 6.45) is 6.64. The Kier molecular flexibility index (Phi) is 5.57. The molecule has 0 aliphatic carbocycles. The van der Waals surface area contributed by atoms with Gasteiger partial charge < -0.3 is 9.80 Å². The van der Waals surface area contributed by atoms with Gasteiger partial charge in [0.15, 0.2) is 0 Å². The molecule has 0 saturated carbocycles. The van der Waals surface area contributed by atoms with E-state index in [2.05, 4.69) is 65.8 Å². The zero-order valence-corrected chi connectivity index (χ0v) is 16.0. The number of anilines is 2. The van der Waals surface area contributed by atoms with E-state index in [1.165, 1.54) is 42.1 Å². The van der Waals surface area contributed by atoms with Gasteiger partial charge in [0.2, 0.25) is 0 Å². The summed E-state index contributed by atoms with van der Waals surface area (Å²) in [6, 6.07) is 9.06. The molecular formula is C21H30N4. The third-order valence-corrected chi connectivity index (χ3v) is 5.02. The second-order valence-electron chi connectivity index (χ2n) is 7.30. The average molecular weight is 338 g/mol. The van der Waals surface area contributed by atoms with Gasteiger partial charge in [-0.3, -0.25) is 9.97 Å². The molecule has 2 aromatic heterocycles. The average Bonchev–Trinajstić information content (AvgIpc) is 2.61. The Morgan fingerprint density at radius 2 is 1.72 bits per heavy atom. The largest absolute Gasteiger partial charge is 0.373 e. The van der Waals surface area contributed by atoms with Gasteiger partial charge in [0.25, 0.3) is 0 Å². The molecule has 2 aromatic rings. The first kappa shape index (κ1) is 17.7. The normalized spacial score (nSPS) is 16.0. The summed E-state index contributed by atoms with van der Waals surface area (Å²) >= 11 is 0. The van der Waals surface area contributed by atoms with Crippen LogP contribution in [0.1, 0.15) is 43.8 Å². The third kappa shape index (κ3) is 4.12. The lowest BCUT2D eigenvalue weighted by atomic mass is 10.1. The highest BCUT2D eigenvalue weighted by molar-refractivity contribution is 5.53. The van der Waals surface area contributed by atoms with E-state index >= 15 is 0 Å². The number of hydrogen-bond acceptors (Lipinski definition) is 4. The minimum absolute atomic E-state index is 0.586. The van der Waals surface area contributed by atoms with E-state index in [1.807, 2.05) is 12.3 Å². The van der Waals surface area contributed by atoms with Crippen molar-refractivity contribution in [2.24, 2.45) is 0 Å². The van der Waals surface area contributed by atoms with Crippen molar-refractivity contribution in [1.82, 2.24) is 9.97 Å². The fraction of sp³-hybridized carbons (Fsp3) is 0.524.